The molecule has 0 saturated heterocycles. The summed E-state index contributed by atoms with van der Waals surface area (Å²) in [7, 11) is 0. The monoisotopic (exact) mass is 224 g/mol. The molecular weight excluding hydrogens is 208 g/mol. The smallest absolute Gasteiger partial charge is 0.129 e. The first kappa shape index (κ1) is 10.9. The lowest BCUT2D eigenvalue weighted by Gasteiger charge is -2.21. The minimum absolute atomic E-state index is 0.605. The fourth-order valence-electron chi connectivity index (χ4n) is 2.25. The molecule has 0 unspecified atom stereocenters. The van der Waals surface area contributed by atoms with Crippen LogP contribution in [-0.4, -0.2) is 15.8 Å². The molecule has 1 aromatic heterocycles. The summed E-state index contributed by atoms with van der Waals surface area (Å²) in [6.45, 7) is 0. The third-order valence-electron chi connectivity index (χ3n) is 3.07. The predicted octanol–water partition coefficient (Wildman–Crippen LogP) is 3.31. The van der Waals surface area contributed by atoms with Crippen molar-refractivity contribution in [3.05, 3.63) is 23.8 Å². The first-order valence-corrected chi connectivity index (χ1v) is 6.31. The fraction of sp³-hybridized carbons (Fsp3) is 0.667. The van der Waals surface area contributed by atoms with Gasteiger partial charge in [0.1, 0.15) is 5.82 Å². The van der Waals surface area contributed by atoms with Crippen LogP contribution in [0.1, 0.15) is 49.5 Å². The molecule has 0 radical (unpaired) electrons. The molecule has 0 aliphatic heterocycles. The molecule has 1 aliphatic carbocycles. The second-order valence-electron chi connectivity index (χ2n) is 4.17. The summed E-state index contributed by atoms with van der Waals surface area (Å²) in [5.41, 5.74) is 1.23. The molecule has 2 rings (SSSR count). The van der Waals surface area contributed by atoms with Gasteiger partial charge < -0.3 is 0 Å². The van der Waals surface area contributed by atoms with Gasteiger partial charge in [0.15, 0.2) is 0 Å². The van der Waals surface area contributed by atoms with E-state index >= 15 is 0 Å². The zero-order chi connectivity index (χ0) is 10.5. The molecule has 0 spiro atoms. The first-order chi connectivity index (χ1) is 7.40. The van der Waals surface area contributed by atoms with Crippen LogP contribution >= 0.6 is 11.6 Å². The van der Waals surface area contributed by atoms with Gasteiger partial charge in [-0.1, -0.05) is 19.3 Å². The van der Waals surface area contributed by atoms with Crippen molar-refractivity contribution in [1.29, 1.82) is 0 Å². The SMILES string of the molecule is ClCCc1nccc(C2CCCCC2)n1. The molecule has 0 aromatic carbocycles. The third-order valence-corrected chi connectivity index (χ3v) is 3.26. The highest BCUT2D eigenvalue weighted by atomic mass is 35.5. The summed E-state index contributed by atoms with van der Waals surface area (Å²) >= 11 is 5.69. The lowest BCUT2D eigenvalue weighted by Crippen LogP contribution is -2.08. The molecule has 15 heavy (non-hydrogen) atoms. The molecule has 3 heteroatoms. The molecule has 0 atom stereocenters. The highest BCUT2D eigenvalue weighted by Gasteiger charge is 2.16. The van der Waals surface area contributed by atoms with Crippen molar-refractivity contribution in [2.45, 2.75) is 44.4 Å². The Morgan fingerprint density at radius 1 is 1.27 bits per heavy atom. The van der Waals surface area contributed by atoms with E-state index in [-0.39, 0.29) is 0 Å². The lowest BCUT2D eigenvalue weighted by molar-refractivity contribution is 0.435. The zero-order valence-electron chi connectivity index (χ0n) is 8.95. The largest absolute Gasteiger partial charge is 0.241 e. The summed E-state index contributed by atoms with van der Waals surface area (Å²) < 4.78 is 0. The van der Waals surface area contributed by atoms with Crippen molar-refractivity contribution in [2.24, 2.45) is 0 Å². The maximum absolute atomic E-state index is 5.69. The van der Waals surface area contributed by atoms with Crippen molar-refractivity contribution >= 4 is 11.6 Å². The second-order valence-corrected chi connectivity index (χ2v) is 4.55. The molecule has 1 aliphatic rings. The molecule has 1 heterocycles. The number of rotatable bonds is 3. The zero-order valence-corrected chi connectivity index (χ0v) is 9.71. The number of alkyl halides is 1. The molecule has 82 valence electrons. The second kappa shape index (κ2) is 5.45. The average molecular weight is 225 g/mol. The van der Waals surface area contributed by atoms with E-state index in [0.29, 0.717) is 11.8 Å². The number of aromatic nitrogens is 2. The van der Waals surface area contributed by atoms with Crippen LogP contribution in [0.15, 0.2) is 12.3 Å². The fourth-order valence-corrected chi connectivity index (χ4v) is 2.41. The third kappa shape index (κ3) is 2.91. The average Bonchev–Trinajstić information content (AvgIpc) is 2.31. The minimum Gasteiger partial charge on any atom is -0.241 e. The van der Waals surface area contributed by atoms with Crippen molar-refractivity contribution in [1.82, 2.24) is 9.97 Å². The molecule has 1 aromatic rings. The van der Waals surface area contributed by atoms with Crippen LogP contribution in [0.25, 0.3) is 0 Å². The highest BCUT2D eigenvalue weighted by Crippen LogP contribution is 2.31. The number of aryl methyl sites for hydroxylation is 1. The van der Waals surface area contributed by atoms with E-state index < -0.39 is 0 Å². The normalized spacial score (nSPS) is 17.9. The van der Waals surface area contributed by atoms with Crippen molar-refractivity contribution < 1.29 is 0 Å². The number of halogens is 1. The van der Waals surface area contributed by atoms with Gasteiger partial charge in [-0.05, 0) is 18.9 Å². The van der Waals surface area contributed by atoms with Crippen LogP contribution in [0.4, 0.5) is 0 Å². The van der Waals surface area contributed by atoms with E-state index in [1.54, 1.807) is 0 Å². The van der Waals surface area contributed by atoms with Gasteiger partial charge >= 0.3 is 0 Å². The van der Waals surface area contributed by atoms with Crippen LogP contribution in [0, 0.1) is 0 Å². The van der Waals surface area contributed by atoms with Gasteiger partial charge in [-0.2, -0.15) is 0 Å². The Morgan fingerprint density at radius 2 is 2.07 bits per heavy atom. The Morgan fingerprint density at radius 3 is 2.80 bits per heavy atom. The van der Waals surface area contributed by atoms with E-state index in [0.717, 1.165) is 12.2 Å². The number of nitrogens with zero attached hydrogens (tertiary/aromatic N) is 2. The van der Waals surface area contributed by atoms with Gasteiger partial charge in [0.25, 0.3) is 0 Å². The minimum atomic E-state index is 0.605. The maximum atomic E-state index is 5.69. The Kier molecular flexibility index (Phi) is 3.95. The maximum Gasteiger partial charge on any atom is 0.129 e. The molecule has 0 amide bonds. The molecule has 2 nitrogen and oxygen atoms in total. The van der Waals surface area contributed by atoms with Gasteiger partial charge in [-0.3, -0.25) is 0 Å². The summed E-state index contributed by atoms with van der Waals surface area (Å²) in [5.74, 6) is 2.16. The molecule has 0 bridgehead atoms. The summed E-state index contributed by atoms with van der Waals surface area (Å²) in [6.07, 6.45) is 9.31. The molecule has 0 N–H and O–H groups in total. The summed E-state index contributed by atoms with van der Waals surface area (Å²) in [5, 5.41) is 0. The van der Waals surface area contributed by atoms with Gasteiger partial charge in [0, 0.05) is 30.1 Å². The first-order valence-electron chi connectivity index (χ1n) is 5.78. The van der Waals surface area contributed by atoms with Gasteiger partial charge in [0.05, 0.1) is 0 Å². The Labute approximate surface area is 96.1 Å². The van der Waals surface area contributed by atoms with Gasteiger partial charge in [-0.15, -0.1) is 11.6 Å². The van der Waals surface area contributed by atoms with Crippen LogP contribution in [0.3, 0.4) is 0 Å². The standard InChI is InChI=1S/C12H17ClN2/c13-8-6-12-14-9-7-11(15-12)10-4-2-1-3-5-10/h7,9-10H,1-6,8H2. The van der Waals surface area contributed by atoms with Crippen LogP contribution in [0.5, 0.6) is 0 Å². The Bertz CT molecular complexity index is 308. The van der Waals surface area contributed by atoms with Gasteiger partial charge in [-0.25, -0.2) is 9.97 Å². The van der Waals surface area contributed by atoms with Crippen molar-refractivity contribution in [3.63, 3.8) is 0 Å². The predicted molar refractivity (Wildman–Crippen MR) is 62.3 cm³/mol. The quantitative estimate of drug-likeness (QED) is 0.737. The van der Waals surface area contributed by atoms with E-state index in [1.807, 2.05) is 6.20 Å². The number of hydrogen-bond acceptors (Lipinski definition) is 2. The molecule has 1 fully saturated rings. The summed E-state index contributed by atoms with van der Waals surface area (Å²) in [6, 6.07) is 2.06. The van der Waals surface area contributed by atoms with E-state index in [1.165, 1.54) is 37.8 Å². The molecule has 1 saturated carbocycles. The number of hydrogen-bond donors (Lipinski definition) is 0. The lowest BCUT2D eigenvalue weighted by atomic mass is 9.87. The topological polar surface area (TPSA) is 25.8 Å². The van der Waals surface area contributed by atoms with Crippen LogP contribution < -0.4 is 0 Å². The van der Waals surface area contributed by atoms with E-state index in [4.69, 9.17) is 11.6 Å². The molecular formula is C12H17ClN2. The Balaban J connectivity index is 2.09. The van der Waals surface area contributed by atoms with E-state index in [9.17, 15) is 0 Å². The van der Waals surface area contributed by atoms with Crippen molar-refractivity contribution in [3.8, 4) is 0 Å². The summed E-state index contributed by atoms with van der Waals surface area (Å²) in [4.78, 5) is 8.82. The van der Waals surface area contributed by atoms with Crippen LogP contribution in [0.2, 0.25) is 0 Å². The highest BCUT2D eigenvalue weighted by molar-refractivity contribution is 6.17. The van der Waals surface area contributed by atoms with E-state index in [2.05, 4.69) is 16.0 Å². The van der Waals surface area contributed by atoms with Crippen LogP contribution in [-0.2, 0) is 6.42 Å². The Hall–Kier alpha value is -0.630. The van der Waals surface area contributed by atoms with Gasteiger partial charge in [0.2, 0.25) is 0 Å². The van der Waals surface area contributed by atoms with Crippen molar-refractivity contribution in [2.75, 3.05) is 5.88 Å².